The molecule has 0 radical (unpaired) electrons. The Morgan fingerprint density at radius 2 is 1.82 bits per heavy atom. The van der Waals surface area contributed by atoms with Gasteiger partial charge in [-0.1, -0.05) is 13.8 Å². The second-order valence-electron chi connectivity index (χ2n) is 2.73. The van der Waals surface area contributed by atoms with Crippen LogP contribution in [0.15, 0.2) is 0 Å². The van der Waals surface area contributed by atoms with E-state index in [4.69, 9.17) is 10.6 Å². The summed E-state index contributed by atoms with van der Waals surface area (Å²) in [6.45, 7) is 7.49. The number of hydrogen-bond donors (Lipinski definition) is 2. The van der Waals surface area contributed by atoms with E-state index in [1.165, 1.54) is 0 Å². The highest BCUT2D eigenvalue weighted by atomic mass is 16.6. The quantitative estimate of drug-likeness (QED) is 0.571. The lowest BCUT2D eigenvalue weighted by Gasteiger charge is -2.30. The first-order valence-corrected chi connectivity index (χ1v) is 4.33. The van der Waals surface area contributed by atoms with E-state index in [1.54, 1.807) is 0 Å². The Hall–Kier alpha value is -0.120. The summed E-state index contributed by atoms with van der Waals surface area (Å²) in [4.78, 5) is 5.14. The lowest BCUT2D eigenvalue weighted by atomic mass is 9.94. The maximum atomic E-state index is 5.63. The largest absolute Gasteiger partial charge is 0.329 e. The third-order valence-corrected chi connectivity index (χ3v) is 2.18. The molecule has 3 heteroatoms. The first-order chi connectivity index (χ1) is 5.24. The third kappa shape index (κ3) is 3.18. The van der Waals surface area contributed by atoms with Crippen molar-refractivity contribution in [2.45, 2.75) is 39.2 Å². The van der Waals surface area contributed by atoms with Crippen molar-refractivity contribution >= 4 is 0 Å². The summed E-state index contributed by atoms with van der Waals surface area (Å²) < 4.78 is 0. The van der Waals surface area contributed by atoms with Crippen LogP contribution in [0.2, 0.25) is 0 Å². The standard InChI is InChI=1S/C8H20N2O/c1-4-8(5-2,7-9)10-11-6-3/h10H,4-7,9H2,1-3H3. The minimum Gasteiger partial charge on any atom is -0.329 e. The molecule has 0 aromatic heterocycles. The Labute approximate surface area is 69.3 Å². The Balaban J connectivity index is 3.84. The monoisotopic (exact) mass is 160 g/mol. The zero-order valence-corrected chi connectivity index (χ0v) is 7.81. The van der Waals surface area contributed by atoms with E-state index in [2.05, 4.69) is 19.3 Å². The van der Waals surface area contributed by atoms with Crippen LogP contribution < -0.4 is 11.2 Å². The average molecular weight is 160 g/mol. The van der Waals surface area contributed by atoms with Gasteiger partial charge in [-0.15, -0.1) is 0 Å². The molecule has 0 aliphatic heterocycles. The zero-order chi connectivity index (χ0) is 8.74. The van der Waals surface area contributed by atoms with Crippen LogP contribution in [0.5, 0.6) is 0 Å². The average Bonchev–Trinajstić information content (AvgIpc) is 2.08. The first kappa shape index (κ1) is 10.9. The fourth-order valence-corrected chi connectivity index (χ4v) is 0.950. The van der Waals surface area contributed by atoms with Gasteiger partial charge >= 0.3 is 0 Å². The van der Waals surface area contributed by atoms with E-state index in [0.717, 1.165) is 12.8 Å². The minimum atomic E-state index is -0.0178. The number of nitrogens with one attached hydrogen (secondary N) is 1. The van der Waals surface area contributed by atoms with Gasteiger partial charge in [0.2, 0.25) is 0 Å². The summed E-state index contributed by atoms with van der Waals surface area (Å²) in [6.07, 6.45) is 2.00. The topological polar surface area (TPSA) is 47.3 Å². The molecule has 0 rings (SSSR count). The van der Waals surface area contributed by atoms with Gasteiger partial charge in [0.1, 0.15) is 0 Å². The highest BCUT2D eigenvalue weighted by Crippen LogP contribution is 2.12. The smallest absolute Gasteiger partial charge is 0.0654 e. The summed E-state index contributed by atoms with van der Waals surface area (Å²) in [5.41, 5.74) is 8.62. The van der Waals surface area contributed by atoms with Gasteiger partial charge in [-0.3, -0.25) is 0 Å². The molecule has 0 aromatic rings. The molecule has 0 saturated carbocycles. The highest BCUT2D eigenvalue weighted by molar-refractivity contribution is 4.82. The molecule has 0 aliphatic rings. The van der Waals surface area contributed by atoms with E-state index in [1.807, 2.05) is 6.92 Å². The van der Waals surface area contributed by atoms with E-state index in [9.17, 15) is 0 Å². The van der Waals surface area contributed by atoms with E-state index < -0.39 is 0 Å². The van der Waals surface area contributed by atoms with Crippen LogP contribution in [0.3, 0.4) is 0 Å². The van der Waals surface area contributed by atoms with Gasteiger partial charge < -0.3 is 10.6 Å². The SMILES string of the molecule is CCONC(CC)(CC)CN. The highest BCUT2D eigenvalue weighted by Gasteiger charge is 2.23. The van der Waals surface area contributed by atoms with Crippen molar-refractivity contribution < 1.29 is 4.84 Å². The zero-order valence-electron chi connectivity index (χ0n) is 7.81. The van der Waals surface area contributed by atoms with E-state index >= 15 is 0 Å². The van der Waals surface area contributed by atoms with Crippen LogP contribution in [0.4, 0.5) is 0 Å². The van der Waals surface area contributed by atoms with E-state index in [0.29, 0.717) is 13.2 Å². The van der Waals surface area contributed by atoms with Crippen LogP contribution in [0.1, 0.15) is 33.6 Å². The van der Waals surface area contributed by atoms with Crippen molar-refractivity contribution in [2.75, 3.05) is 13.2 Å². The summed E-state index contributed by atoms with van der Waals surface area (Å²) >= 11 is 0. The fourth-order valence-electron chi connectivity index (χ4n) is 0.950. The predicted molar refractivity (Wildman–Crippen MR) is 47.1 cm³/mol. The fraction of sp³-hybridized carbons (Fsp3) is 1.00. The molecule has 11 heavy (non-hydrogen) atoms. The molecule has 68 valence electrons. The van der Waals surface area contributed by atoms with Crippen molar-refractivity contribution in [3.63, 3.8) is 0 Å². The van der Waals surface area contributed by atoms with Crippen molar-refractivity contribution in [3.8, 4) is 0 Å². The van der Waals surface area contributed by atoms with Gasteiger partial charge in [0.25, 0.3) is 0 Å². The lowest BCUT2D eigenvalue weighted by molar-refractivity contribution is -0.0174. The van der Waals surface area contributed by atoms with Crippen LogP contribution >= 0.6 is 0 Å². The molecule has 0 amide bonds. The second-order valence-corrected chi connectivity index (χ2v) is 2.73. The van der Waals surface area contributed by atoms with Gasteiger partial charge in [-0.25, -0.2) is 0 Å². The minimum absolute atomic E-state index is 0.0178. The maximum Gasteiger partial charge on any atom is 0.0654 e. The molecule has 0 fully saturated rings. The Bertz CT molecular complexity index is 83.8. The first-order valence-electron chi connectivity index (χ1n) is 4.33. The molecule has 0 aromatic carbocycles. The molecule has 0 saturated heterocycles. The lowest BCUT2D eigenvalue weighted by Crippen LogP contribution is -2.50. The van der Waals surface area contributed by atoms with Gasteiger partial charge in [-0.2, -0.15) is 5.48 Å². The van der Waals surface area contributed by atoms with Crippen LogP contribution in [-0.2, 0) is 4.84 Å². The Kier molecular flexibility index (Phi) is 5.46. The summed E-state index contributed by atoms with van der Waals surface area (Å²) in [7, 11) is 0. The number of nitrogens with two attached hydrogens (primary N) is 1. The summed E-state index contributed by atoms with van der Waals surface area (Å²) in [5.74, 6) is 0. The Morgan fingerprint density at radius 3 is 2.09 bits per heavy atom. The normalized spacial score (nSPS) is 12.0. The van der Waals surface area contributed by atoms with Gasteiger partial charge in [0, 0.05) is 6.54 Å². The van der Waals surface area contributed by atoms with Crippen molar-refractivity contribution in [3.05, 3.63) is 0 Å². The van der Waals surface area contributed by atoms with Crippen LogP contribution in [0.25, 0.3) is 0 Å². The molecule has 0 unspecified atom stereocenters. The molecular formula is C8H20N2O. The number of hydrogen-bond acceptors (Lipinski definition) is 3. The molecule has 0 spiro atoms. The molecule has 0 heterocycles. The van der Waals surface area contributed by atoms with Crippen molar-refractivity contribution in [1.29, 1.82) is 0 Å². The molecule has 0 aliphatic carbocycles. The number of hydroxylamine groups is 1. The Morgan fingerprint density at radius 1 is 1.27 bits per heavy atom. The maximum absolute atomic E-state index is 5.63. The van der Waals surface area contributed by atoms with E-state index in [-0.39, 0.29) is 5.54 Å². The second kappa shape index (κ2) is 5.52. The predicted octanol–water partition coefficient (Wildman–Crippen LogP) is 1.04. The van der Waals surface area contributed by atoms with Gasteiger partial charge in [0.15, 0.2) is 0 Å². The summed E-state index contributed by atoms with van der Waals surface area (Å²) in [6, 6.07) is 0. The summed E-state index contributed by atoms with van der Waals surface area (Å²) in [5, 5.41) is 0. The van der Waals surface area contributed by atoms with Gasteiger partial charge in [0.05, 0.1) is 12.1 Å². The number of rotatable bonds is 6. The third-order valence-electron chi connectivity index (χ3n) is 2.18. The molecule has 0 atom stereocenters. The molecular weight excluding hydrogens is 140 g/mol. The molecule has 3 N–H and O–H groups in total. The van der Waals surface area contributed by atoms with Crippen molar-refractivity contribution in [1.82, 2.24) is 5.48 Å². The molecule has 3 nitrogen and oxygen atoms in total. The van der Waals surface area contributed by atoms with Crippen molar-refractivity contribution in [2.24, 2.45) is 5.73 Å². The van der Waals surface area contributed by atoms with Crippen LogP contribution in [0, 0.1) is 0 Å². The van der Waals surface area contributed by atoms with Crippen LogP contribution in [-0.4, -0.2) is 18.7 Å². The molecule has 0 bridgehead atoms. The van der Waals surface area contributed by atoms with Gasteiger partial charge in [-0.05, 0) is 19.8 Å².